The zero-order chi connectivity index (χ0) is 7.56. The summed E-state index contributed by atoms with van der Waals surface area (Å²) in [6, 6.07) is 0. The largest absolute Gasteiger partial charge is 0.382 e. The van der Waals surface area contributed by atoms with Crippen LogP contribution in [0.2, 0.25) is 0 Å². The number of rotatable bonds is 2. The highest BCUT2D eigenvalue weighted by atomic mass is 15.1. The van der Waals surface area contributed by atoms with Crippen LogP contribution in [0.15, 0.2) is 6.33 Å². The molecule has 56 valence electrons. The molecule has 0 fully saturated rings. The average Bonchev–Trinajstić information content (AvgIpc) is 2.15. The van der Waals surface area contributed by atoms with Crippen molar-refractivity contribution >= 4 is 5.82 Å². The van der Waals surface area contributed by atoms with Crippen LogP contribution in [0, 0.1) is 0 Å². The molecule has 0 atom stereocenters. The molecule has 0 aromatic carbocycles. The number of nitrogen functional groups attached to an aromatic ring is 1. The van der Waals surface area contributed by atoms with Crippen molar-refractivity contribution in [3.63, 3.8) is 0 Å². The molecule has 0 spiro atoms. The molecule has 0 bridgehead atoms. The van der Waals surface area contributed by atoms with Crippen molar-refractivity contribution in [3.05, 3.63) is 12.0 Å². The number of nitrogens with two attached hydrogens (primary N) is 1. The highest BCUT2D eigenvalue weighted by Gasteiger charge is 2.00. The first-order valence-electron chi connectivity index (χ1n) is 3.12. The Morgan fingerprint density at radius 2 is 2.40 bits per heavy atom. The quantitative estimate of drug-likeness (QED) is 0.610. The predicted molar refractivity (Wildman–Crippen MR) is 40.4 cm³/mol. The van der Waals surface area contributed by atoms with E-state index >= 15 is 0 Å². The van der Waals surface area contributed by atoms with Crippen LogP contribution in [-0.4, -0.2) is 29.0 Å². The second kappa shape index (κ2) is 2.70. The van der Waals surface area contributed by atoms with Gasteiger partial charge in [-0.1, -0.05) is 0 Å². The topological polar surface area (TPSA) is 57.9 Å². The standard InChI is InChI=1S/C6H12N4/c1-10(2)3-5-6(7)9-4-8-5/h4H,3,7H2,1-2H3,(H,8,9). The number of aromatic amines is 1. The third-order valence-corrected chi connectivity index (χ3v) is 1.23. The lowest BCUT2D eigenvalue weighted by molar-refractivity contribution is 0.398. The second-order valence-electron chi connectivity index (χ2n) is 2.50. The summed E-state index contributed by atoms with van der Waals surface area (Å²) < 4.78 is 0. The Morgan fingerprint density at radius 3 is 2.80 bits per heavy atom. The summed E-state index contributed by atoms with van der Waals surface area (Å²) in [6.07, 6.45) is 1.61. The molecule has 0 unspecified atom stereocenters. The van der Waals surface area contributed by atoms with Crippen LogP contribution in [0.4, 0.5) is 5.82 Å². The number of aromatic nitrogens is 2. The van der Waals surface area contributed by atoms with Gasteiger partial charge in [0.15, 0.2) is 0 Å². The minimum atomic E-state index is 0.591. The van der Waals surface area contributed by atoms with Crippen molar-refractivity contribution in [3.8, 4) is 0 Å². The Hall–Kier alpha value is -1.03. The molecule has 4 heteroatoms. The Bertz CT molecular complexity index is 203. The molecule has 0 aliphatic heterocycles. The lowest BCUT2D eigenvalue weighted by atomic mass is 10.4. The molecule has 1 heterocycles. The average molecular weight is 140 g/mol. The predicted octanol–water partition coefficient (Wildman–Crippen LogP) is 0.0535. The van der Waals surface area contributed by atoms with Crippen molar-refractivity contribution in [2.45, 2.75) is 6.54 Å². The maximum atomic E-state index is 5.52. The van der Waals surface area contributed by atoms with Crippen molar-refractivity contribution in [2.24, 2.45) is 0 Å². The van der Waals surface area contributed by atoms with Crippen LogP contribution in [0.1, 0.15) is 5.69 Å². The third kappa shape index (κ3) is 1.48. The molecular weight excluding hydrogens is 128 g/mol. The molecule has 1 rings (SSSR count). The zero-order valence-corrected chi connectivity index (χ0v) is 6.26. The Balaban J connectivity index is 2.65. The maximum absolute atomic E-state index is 5.52. The zero-order valence-electron chi connectivity index (χ0n) is 6.26. The first-order chi connectivity index (χ1) is 4.70. The molecule has 10 heavy (non-hydrogen) atoms. The molecule has 0 amide bonds. The minimum absolute atomic E-state index is 0.591. The summed E-state index contributed by atoms with van der Waals surface area (Å²) in [4.78, 5) is 8.86. The van der Waals surface area contributed by atoms with Crippen LogP contribution < -0.4 is 5.73 Å². The fraction of sp³-hybridized carbons (Fsp3) is 0.500. The van der Waals surface area contributed by atoms with Gasteiger partial charge >= 0.3 is 0 Å². The van der Waals surface area contributed by atoms with Crippen LogP contribution in [0.25, 0.3) is 0 Å². The number of anilines is 1. The van der Waals surface area contributed by atoms with Gasteiger partial charge in [-0.05, 0) is 14.1 Å². The fourth-order valence-corrected chi connectivity index (χ4v) is 0.774. The molecular formula is C6H12N4. The van der Waals surface area contributed by atoms with E-state index in [4.69, 9.17) is 5.73 Å². The van der Waals surface area contributed by atoms with E-state index in [0.717, 1.165) is 12.2 Å². The van der Waals surface area contributed by atoms with E-state index in [-0.39, 0.29) is 0 Å². The first-order valence-corrected chi connectivity index (χ1v) is 3.12. The van der Waals surface area contributed by atoms with Crippen LogP contribution >= 0.6 is 0 Å². The van der Waals surface area contributed by atoms with Crippen LogP contribution in [0.3, 0.4) is 0 Å². The Labute approximate surface area is 60.1 Å². The van der Waals surface area contributed by atoms with Gasteiger partial charge in [0.1, 0.15) is 5.82 Å². The molecule has 0 saturated carbocycles. The lowest BCUT2D eigenvalue weighted by Gasteiger charge is -2.06. The van der Waals surface area contributed by atoms with Gasteiger partial charge in [-0.25, -0.2) is 4.98 Å². The molecule has 0 saturated heterocycles. The van der Waals surface area contributed by atoms with Crippen molar-refractivity contribution in [2.75, 3.05) is 19.8 Å². The molecule has 1 aromatic rings. The second-order valence-corrected chi connectivity index (χ2v) is 2.50. The molecule has 3 N–H and O–H groups in total. The summed E-state index contributed by atoms with van der Waals surface area (Å²) in [5.74, 6) is 0.591. The Morgan fingerprint density at radius 1 is 1.70 bits per heavy atom. The van der Waals surface area contributed by atoms with Gasteiger partial charge in [0.05, 0.1) is 12.0 Å². The number of nitrogens with zero attached hydrogens (tertiary/aromatic N) is 2. The van der Waals surface area contributed by atoms with E-state index in [0.29, 0.717) is 5.82 Å². The van der Waals surface area contributed by atoms with Gasteiger partial charge in [0.2, 0.25) is 0 Å². The SMILES string of the molecule is CN(C)Cc1[nH]cnc1N. The third-order valence-electron chi connectivity index (χ3n) is 1.23. The number of imidazole rings is 1. The van der Waals surface area contributed by atoms with E-state index in [1.54, 1.807) is 6.33 Å². The molecule has 0 radical (unpaired) electrons. The van der Waals surface area contributed by atoms with Crippen LogP contribution in [-0.2, 0) is 6.54 Å². The normalized spacial score (nSPS) is 10.7. The maximum Gasteiger partial charge on any atom is 0.146 e. The monoisotopic (exact) mass is 140 g/mol. The van der Waals surface area contributed by atoms with Gasteiger partial charge in [-0.15, -0.1) is 0 Å². The minimum Gasteiger partial charge on any atom is -0.382 e. The van der Waals surface area contributed by atoms with E-state index in [1.807, 2.05) is 19.0 Å². The van der Waals surface area contributed by atoms with Gasteiger partial charge < -0.3 is 15.6 Å². The fourth-order valence-electron chi connectivity index (χ4n) is 0.774. The van der Waals surface area contributed by atoms with Crippen molar-refractivity contribution in [1.29, 1.82) is 0 Å². The van der Waals surface area contributed by atoms with E-state index in [2.05, 4.69) is 9.97 Å². The van der Waals surface area contributed by atoms with E-state index in [1.165, 1.54) is 0 Å². The van der Waals surface area contributed by atoms with Gasteiger partial charge in [-0.3, -0.25) is 0 Å². The highest BCUT2D eigenvalue weighted by molar-refractivity contribution is 5.33. The highest BCUT2D eigenvalue weighted by Crippen LogP contribution is 2.04. The summed E-state index contributed by atoms with van der Waals surface area (Å²) in [7, 11) is 3.97. The van der Waals surface area contributed by atoms with Crippen LogP contribution in [0.5, 0.6) is 0 Å². The molecule has 1 aromatic heterocycles. The van der Waals surface area contributed by atoms with Gasteiger partial charge in [0, 0.05) is 6.54 Å². The van der Waals surface area contributed by atoms with E-state index < -0.39 is 0 Å². The molecule has 4 nitrogen and oxygen atoms in total. The summed E-state index contributed by atoms with van der Waals surface area (Å²) in [5, 5.41) is 0. The number of nitrogens with one attached hydrogen (secondary N) is 1. The van der Waals surface area contributed by atoms with E-state index in [9.17, 15) is 0 Å². The summed E-state index contributed by atoms with van der Waals surface area (Å²) in [6.45, 7) is 0.811. The summed E-state index contributed by atoms with van der Waals surface area (Å²) >= 11 is 0. The number of hydrogen-bond acceptors (Lipinski definition) is 3. The molecule has 0 aliphatic carbocycles. The molecule has 0 aliphatic rings. The lowest BCUT2D eigenvalue weighted by Crippen LogP contribution is -2.12. The number of H-pyrrole nitrogens is 1. The summed E-state index contributed by atoms with van der Waals surface area (Å²) in [5.41, 5.74) is 6.50. The van der Waals surface area contributed by atoms with Gasteiger partial charge in [-0.2, -0.15) is 0 Å². The smallest absolute Gasteiger partial charge is 0.146 e. The van der Waals surface area contributed by atoms with Crippen molar-refractivity contribution in [1.82, 2.24) is 14.9 Å². The first kappa shape index (κ1) is 7.08. The van der Waals surface area contributed by atoms with Crippen molar-refractivity contribution < 1.29 is 0 Å². The number of hydrogen-bond donors (Lipinski definition) is 2. The van der Waals surface area contributed by atoms with Gasteiger partial charge in [0.25, 0.3) is 0 Å². The Kier molecular flexibility index (Phi) is 1.91.